The predicted octanol–water partition coefficient (Wildman–Crippen LogP) is 1.37. The number of carbonyl (C=O) groups is 4. The van der Waals surface area contributed by atoms with E-state index in [2.05, 4.69) is 26.6 Å². The Labute approximate surface area is 180 Å². The molecule has 4 amide bonds. The first-order valence-electron chi connectivity index (χ1n) is 9.77. The first kappa shape index (κ1) is 19.3. The van der Waals surface area contributed by atoms with Crippen LogP contribution >= 0.6 is 15.9 Å². The number of phenols is 1. The minimum Gasteiger partial charge on any atom is -0.503 e. The predicted molar refractivity (Wildman–Crippen MR) is 106 cm³/mol. The van der Waals surface area contributed by atoms with Gasteiger partial charge in [0.1, 0.15) is 0 Å². The van der Waals surface area contributed by atoms with Crippen LogP contribution in [0.3, 0.4) is 0 Å². The van der Waals surface area contributed by atoms with Gasteiger partial charge in [0.2, 0.25) is 23.6 Å². The maximum atomic E-state index is 12.7. The molecule has 0 bridgehead atoms. The van der Waals surface area contributed by atoms with Gasteiger partial charge in [-0.15, -0.1) is 0 Å². The highest BCUT2D eigenvalue weighted by Gasteiger charge is 2.58. The first-order valence-corrected chi connectivity index (χ1v) is 10.6. The number of carbonyl (C=O) groups excluding carboxylic acids is 4. The molecule has 2 saturated heterocycles. The van der Waals surface area contributed by atoms with E-state index in [9.17, 15) is 24.3 Å². The van der Waals surface area contributed by atoms with Crippen LogP contribution in [0.5, 0.6) is 11.5 Å². The van der Waals surface area contributed by atoms with Crippen molar-refractivity contribution in [1.29, 1.82) is 0 Å². The van der Waals surface area contributed by atoms with Crippen LogP contribution in [-0.2, 0) is 19.2 Å². The Bertz CT molecular complexity index is 1050. The smallest absolute Gasteiger partial charge is 0.231 e. The lowest BCUT2D eigenvalue weighted by molar-refractivity contribution is -0.128. The zero-order valence-electron chi connectivity index (χ0n) is 16.0. The van der Waals surface area contributed by atoms with Gasteiger partial charge in [-0.1, -0.05) is 11.6 Å². The van der Waals surface area contributed by atoms with Gasteiger partial charge >= 0.3 is 0 Å². The molecule has 0 spiro atoms. The highest BCUT2D eigenvalue weighted by molar-refractivity contribution is 9.10. The van der Waals surface area contributed by atoms with Crippen molar-refractivity contribution in [1.82, 2.24) is 10.6 Å². The first-order chi connectivity index (χ1) is 14.3. The monoisotopic (exact) mass is 474 g/mol. The molecule has 2 aliphatic heterocycles. The van der Waals surface area contributed by atoms with E-state index >= 15 is 0 Å². The molecule has 156 valence electrons. The summed E-state index contributed by atoms with van der Waals surface area (Å²) in [5.74, 6) is -4.03. The molecule has 1 saturated carbocycles. The second kappa shape index (κ2) is 6.66. The van der Waals surface area contributed by atoms with E-state index in [-0.39, 0.29) is 41.0 Å². The van der Waals surface area contributed by atoms with Crippen LogP contribution in [0.15, 0.2) is 28.3 Å². The molecule has 30 heavy (non-hydrogen) atoms. The van der Waals surface area contributed by atoms with Crippen molar-refractivity contribution in [2.45, 2.75) is 18.8 Å². The molecule has 1 aromatic rings. The minimum atomic E-state index is -0.613. The second-order valence-corrected chi connectivity index (χ2v) is 9.14. The van der Waals surface area contributed by atoms with E-state index in [0.29, 0.717) is 22.9 Å². The van der Waals surface area contributed by atoms with Crippen LogP contribution in [0.25, 0.3) is 0 Å². The average molecular weight is 475 g/mol. The summed E-state index contributed by atoms with van der Waals surface area (Å²) in [7, 11) is 1.43. The molecule has 2 heterocycles. The zero-order chi connectivity index (χ0) is 21.3. The Morgan fingerprint density at radius 1 is 0.967 bits per heavy atom. The van der Waals surface area contributed by atoms with Gasteiger partial charge < -0.3 is 9.84 Å². The summed E-state index contributed by atoms with van der Waals surface area (Å²) < 4.78 is 5.68. The molecule has 3 fully saturated rings. The SMILES string of the molecule is COc1cc(C2C3=CCC4C(=O)NC(=O)C4C3CC3C(=O)NC(=O)C32)cc(Br)c1O. The number of phenolic OH excluding ortho intramolecular Hbond substituents is 1. The quantitative estimate of drug-likeness (QED) is 0.439. The normalized spacial score (nSPS) is 34.5. The summed E-state index contributed by atoms with van der Waals surface area (Å²) in [5, 5.41) is 15.1. The molecule has 9 heteroatoms. The number of hydrogen-bond acceptors (Lipinski definition) is 6. The standard InChI is InChI=1S/C21H19BrN2O6/c1-30-13-5-7(4-12(22)17(13)25)14-8-2-3-9-15(20(28)23-18(9)26)10(8)6-11-16(14)21(29)24-19(11)27/h2,4-5,9-11,14-16,25H,3,6H2,1H3,(H,23,26,28)(H,24,27,29). The Morgan fingerprint density at radius 2 is 1.63 bits per heavy atom. The molecule has 5 rings (SSSR count). The number of hydrogen-bond donors (Lipinski definition) is 3. The van der Waals surface area contributed by atoms with Crippen LogP contribution in [0.2, 0.25) is 0 Å². The largest absolute Gasteiger partial charge is 0.503 e. The molecule has 6 atom stereocenters. The van der Waals surface area contributed by atoms with Gasteiger partial charge in [-0.25, -0.2) is 0 Å². The van der Waals surface area contributed by atoms with Crippen molar-refractivity contribution in [2.75, 3.05) is 7.11 Å². The lowest BCUT2D eigenvalue weighted by Crippen LogP contribution is -2.42. The molecule has 6 unspecified atom stereocenters. The van der Waals surface area contributed by atoms with Crippen molar-refractivity contribution in [2.24, 2.45) is 29.6 Å². The third kappa shape index (κ3) is 2.57. The van der Waals surface area contributed by atoms with Gasteiger partial charge in [-0.2, -0.15) is 0 Å². The fourth-order valence-corrected chi connectivity index (χ4v) is 6.17. The Balaban J connectivity index is 1.68. The van der Waals surface area contributed by atoms with Crippen LogP contribution in [0.4, 0.5) is 0 Å². The number of aromatic hydroxyl groups is 1. The number of imide groups is 2. The van der Waals surface area contributed by atoms with Gasteiger partial charge in [0.15, 0.2) is 11.5 Å². The number of methoxy groups -OCH3 is 1. The van der Waals surface area contributed by atoms with Crippen LogP contribution in [-0.4, -0.2) is 35.8 Å². The number of nitrogens with one attached hydrogen (secondary N) is 2. The topological polar surface area (TPSA) is 122 Å². The molecule has 3 N–H and O–H groups in total. The van der Waals surface area contributed by atoms with Crippen molar-refractivity contribution >= 4 is 39.6 Å². The number of allylic oxidation sites excluding steroid dienone is 2. The second-order valence-electron chi connectivity index (χ2n) is 8.28. The van der Waals surface area contributed by atoms with E-state index in [1.54, 1.807) is 12.1 Å². The van der Waals surface area contributed by atoms with E-state index in [1.807, 2.05) is 6.08 Å². The highest BCUT2D eigenvalue weighted by atomic mass is 79.9. The van der Waals surface area contributed by atoms with Gasteiger partial charge in [-0.05, 0) is 52.4 Å². The van der Waals surface area contributed by atoms with Crippen molar-refractivity contribution < 1.29 is 29.0 Å². The zero-order valence-corrected chi connectivity index (χ0v) is 17.6. The summed E-state index contributed by atoms with van der Waals surface area (Å²) in [6.45, 7) is 0. The lowest BCUT2D eigenvalue weighted by atomic mass is 9.57. The summed E-state index contributed by atoms with van der Waals surface area (Å²) >= 11 is 3.33. The van der Waals surface area contributed by atoms with Gasteiger partial charge in [0.25, 0.3) is 0 Å². The van der Waals surface area contributed by atoms with Gasteiger partial charge in [0.05, 0.1) is 35.3 Å². The molecule has 0 radical (unpaired) electrons. The molecule has 8 nitrogen and oxygen atoms in total. The molecule has 1 aromatic carbocycles. The molecule has 2 aliphatic carbocycles. The molecule has 0 aromatic heterocycles. The van der Waals surface area contributed by atoms with Crippen molar-refractivity contribution in [3.8, 4) is 11.5 Å². The summed E-state index contributed by atoms with van der Waals surface area (Å²) in [4.78, 5) is 50.1. The average Bonchev–Trinajstić information content (AvgIpc) is 3.17. The van der Waals surface area contributed by atoms with Crippen molar-refractivity contribution in [3.63, 3.8) is 0 Å². The van der Waals surface area contributed by atoms with E-state index < -0.39 is 29.6 Å². The number of rotatable bonds is 2. The maximum Gasteiger partial charge on any atom is 0.231 e. The third-order valence-electron chi connectivity index (χ3n) is 6.96. The lowest BCUT2D eigenvalue weighted by Gasteiger charge is -2.44. The Morgan fingerprint density at radius 3 is 2.33 bits per heavy atom. The van der Waals surface area contributed by atoms with Crippen LogP contribution in [0, 0.1) is 29.6 Å². The Hall–Kier alpha value is -2.68. The van der Waals surface area contributed by atoms with Gasteiger partial charge in [0, 0.05) is 5.92 Å². The van der Waals surface area contributed by atoms with Crippen LogP contribution in [0.1, 0.15) is 24.3 Å². The molecule has 4 aliphatic rings. The summed E-state index contributed by atoms with van der Waals surface area (Å²) in [5.41, 5.74) is 1.60. The number of fused-ring (bicyclic) bond motifs is 4. The summed E-state index contributed by atoms with van der Waals surface area (Å²) in [6, 6.07) is 3.37. The molecular formula is C21H19BrN2O6. The molecular weight excluding hydrogens is 456 g/mol. The fraction of sp³-hybridized carbons (Fsp3) is 0.429. The minimum absolute atomic E-state index is 0.0597. The van der Waals surface area contributed by atoms with E-state index in [4.69, 9.17) is 4.74 Å². The van der Waals surface area contributed by atoms with Gasteiger partial charge in [-0.3, -0.25) is 29.8 Å². The van der Waals surface area contributed by atoms with Crippen molar-refractivity contribution in [3.05, 3.63) is 33.8 Å². The number of ether oxygens (including phenoxy) is 1. The fourth-order valence-electron chi connectivity index (χ4n) is 5.71. The van der Waals surface area contributed by atoms with Crippen LogP contribution < -0.4 is 15.4 Å². The third-order valence-corrected chi connectivity index (χ3v) is 7.57. The van der Waals surface area contributed by atoms with E-state index in [1.165, 1.54) is 7.11 Å². The van der Waals surface area contributed by atoms with E-state index in [0.717, 1.165) is 5.57 Å². The highest BCUT2D eigenvalue weighted by Crippen LogP contribution is 2.56. The number of benzene rings is 1. The Kier molecular flexibility index (Phi) is 4.29. The number of amides is 4. The number of halogens is 1. The maximum absolute atomic E-state index is 12.7. The summed E-state index contributed by atoms with van der Waals surface area (Å²) in [6.07, 6.45) is 2.71.